The number of ether oxygens (including phenoxy) is 3. The monoisotopic (exact) mass is 346 g/mol. The van der Waals surface area contributed by atoms with Crippen LogP contribution in [0.1, 0.15) is 70.6 Å². The molecule has 0 aromatic carbocycles. The summed E-state index contributed by atoms with van der Waals surface area (Å²) in [6.07, 6.45) is 11.3. The van der Waals surface area contributed by atoms with Crippen LogP contribution < -0.4 is 0 Å². The molecule has 1 unspecified atom stereocenters. The highest BCUT2D eigenvalue weighted by Crippen LogP contribution is 2.57. The van der Waals surface area contributed by atoms with Crippen molar-refractivity contribution in [2.45, 2.75) is 76.4 Å². The number of carbonyl (C=O) groups is 2. The number of ketones is 1. The standard InChI is InChI=1S/C20H26O5/c21-16-8-5-14(6-9-16)13-3-1-12(2-4-13)11-15-7-10-17-18(23-17)20(15)24-19(22)25-20/h12-15H,1-11H2. The lowest BCUT2D eigenvalue weighted by atomic mass is 9.68. The molecule has 2 aliphatic heterocycles. The van der Waals surface area contributed by atoms with E-state index in [2.05, 4.69) is 0 Å². The Balaban J connectivity index is 1.16. The van der Waals surface area contributed by atoms with Gasteiger partial charge in [0.1, 0.15) is 5.78 Å². The average Bonchev–Trinajstić information content (AvgIpc) is 3.38. The van der Waals surface area contributed by atoms with Crippen LogP contribution in [0.25, 0.3) is 0 Å². The summed E-state index contributed by atoms with van der Waals surface area (Å²) in [6, 6.07) is 0. The third-order valence-electron chi connectivity index (χ3n) is 7.24. The van der Waals surface area contributed by atoms with Gasteiger partial charge in [-0.15, -0.1) is 0 Å². The molecule has 3 fully saturated rings. The molecule has 0 aromatic rings. The number of fused-ring (bicyclic) bond motifs is 1. The normalized spacial score (nSPS) is 36.9. The molecule has 0 aromatic heterocycles. The summed E-state index contributed by atoms with van der Waals surface area (Å²) >= 11 is 0. The third-order valence-corrected chi connectivity index (χ3v) is 7.24. The number of hydrogen-bond acceptors (Lipinski definition) is 5. The van der Waals surface area contributed by atoms with E-state index in [0.717, 1.165) is 68.3 Å². The Morgan fingerprint density at radius 3 is 2.20 bits per heavy atom. The predicted octanol–water partition coefficient (Wildman–Crippen LogP) is 4.46. The van der Waals surface area contributed by atoms with Crippen LogP contribution in [-0.4, -0.2) is 17.7 Å². The Morgan fingerprint density at radius 1 is 0.840 bits per heavy atom. The number of carbonyl (C=O) groups excluding carboxylic acids is 2. The van der Waals surface area contributed by atoms with Crippen molar-refractivity contribution in [3.05, 3.63) is 11.5 Å². The van der Waals surface area contributed by atoms with Crippen LogP contribution in [0, 0.1) is 23.7 Å². The number of rotatable bonds is 3. The molecule has 2 saturated carbocycles. The Kier molecular flexibility index (Phi) is 3.61. The lowest BCUT2D eigenvalue weighted by Crippen LogP contribution is -2.56. The van der Waals surface area contributed by atoms with E-state index >= 15 is 0 Å². The van der Waals surface area contributed by atoms with Gasteiger partial charge in [0.15, 0.2) is 5.76 Å². The van der Waals surface area contributed by atoms with Crippen molar-refractivity contribution < 1.29 is 23.8 Å². The van der Waals surface area contributed by atoms with Gasteiger partial charge in [-0.05, 0) is 56.3 Å². The quantitative estimate of drug-likeness (QED) is 0.706. The number of allylic oxidation sites excluding steroid dienone is 1. The van der Waals surface area contributed by atoms with Crippen LogP contribution in [0.2, 0.25) is 0 Å². The van der Waals surface area contributed by atoms with E-state index in [0.29, 0.717) is 11.7 Å². The SMILES string of the molecule is O=C1CCC(C2CCC(CC3CCC4=C(O4)C34OC(=O)O4)CC2)CC1. The lowest BCUT2D eigenvalue weighted by Gasteiger charge is -2.44. The molecule has 0 radical (unpaired) electrons. The van der Waals surface area contributed by atoms with Crippen LogP contribution in [-0.2, 0) is 19.0 Å². The topological polar surface area (TPSA) is 65.1 Å². The van der Waals surface area contributed by atoms with E-state index in [1.165, 1.54) is 25.7 Å². The van der Waals surface area contributed by atoms with Gasteiger partial charge in [-0.3, -0.25) is 4.79 Å². The molecule has 3 aliphatic carbocycles. The second-order valence-corrected chi connectivity index (χ2v) is 8.60. The van der Waals surface area contributed by atoms with Gasteiger partial charge < -0.3 is 14.2 Å². The van der Waals surface area contributed by atoms with Crippen molar-refractivity contribution in [2.24, 2.45) is 23.7 Å². The zero-order chi connectivity index (χ0) is 17.0. The van der Waals surface area contributed by atoms with E-state index in [1.54, 1.807) is 0 Å². The molecule has 5 rings (SSSR count). The first-order chi connectivity index (χ1) is 12.1. The predicted molar refractivity (Wildman–Crippen MR) is 88.2 cm³/mol. The molecule has 136 valence electrons. The fourth-order valence-electron chi connectivity index (χ4n) is 5.73. The van der Waals surface area contributed by atoms with Gasteiger partial charge in [-0.25, -0.2) is 4.79 Å². The van der Waals surface area contributed by atoms with E-state index in [4.69, 9.17) is 14.2 Å². The first kappa shape index (κ1) is 15.7. The minimum absolute atomic E-state index is 0.236. The molecule has 0 N–H and O–H groups in total. The molecular formula is C20H26O5. The summed E-state index contributed by atoms with van der Waals surface area (Å²) in [6.45, 7) is 0. The highest BCUT2D eigenvalue weighted by molar-refractivity contribution is 5.79. The molecule has 0 amide bonds. The largest absolute Gasteiger partial charge is 0.515 e. The summed E-state index contributed by atoms with van der Waals surface area (Å²) in [5.41, 5.74) is 0. The van der Waals surface area contributed by atoms with E-state index in [-0.39, 0.29) is 5.92 Å². The molecule has 0 bridgehead atoms. The summed E-state index contributed by atoms with van der Waals surface area (Å²) in [4.78, 5) is 22.7. The van der Waals surface area contributed by atoms with Crippen molar-refractivity contribution in [1.82, 2.24) is 0 Å². The Morgan fingerprint density at radius 2 is 1.52 bits per heavy atom. The molecule has 1 atom stereocenters. The maximum absolute atomic E-state index is 11.5. The minimum Gasteiger partial charge on any atom is -0.450 e. The van der Waals surface area contributed by atoms with Crippen molar-refractivity contribution >= 4 is 11.9 Å². The van der Waals surface area contributed by atoms with E-state index in [9.17, 15) is 9.59 Å². The maximum Gasteiger partial charge on any atom is 0.515 e. The fourth-order valence-corrected chi connectivity index (χ4v) is 5.73. The Bertz CT molecular complexity index is 610. The smallest absolute Gasteiger partial charge is 0.450 e. The van der Waals surface area contributed by atoms with E-state index < -0.39 is 11.9 Å². The second kappa shape index (κ2) is 5.75. The summed E-state index contributed by atoms with van der Waals surface area (Å²) in [5.74, 6) is 3.84. The Hall–Kier alpha value is -1.52. The first-order valence-electron chi connectivity index (χ1n) is 9.99. The van der Waals surface area contributed by atoms with Crippen LogP contribution in [0.4, 0.5) is 4.79 Å². The summed E-state index contributed by atoms with van der Waals surface area (Å²) < 4.78 is 16.4. The van der Waals surface area contributed by atoms with Gasteiger partial charge in [-0.2, -0.15) is 0 Å². The lowest BCUT2D eigenvalue weighted by molar-refractivity contribution is -0.283. The minimum atomic E-state index is -0.870. The zero-order valence-corrected chi connectivity index (χ0v) is 14.6. The van der Waals surface area contributed by atoms with Gasteiger partial charge in [0.25, 0.3) is 0 Å². The van der Waals surface area contributed by atoms with Gasteiger partial charge in [0.2, 0.25) is 5.76 Å². The number of Topliss-reactive ketones (excluding diaryl/α,β-unsaturated/α-hetero) is 1. The van der Waals surface area contributed by atoms with Gasteiger partial charge in [0, 0.05) is 25.2 Å². The van der Waals surface area contributed by atoms with E-state index in [1.807, 2.05) is 0 Å². The van der Waals surface area contributed by atoms with Gasteiger partial charge >= 0.3 is 11.9 Å². The van der Waals surface area contributed by atoms with Crippen molar-refractivity contribution in [1.29, 1.82) is 0 Å². The molecule has 5 aliphatic rings. The molecule has 25 heavy (non-hydrogen) atoms. The van der Waals surface area contributed by atoms with Crippen LogP contribution in [0.5, 0.6) is 0 Å². The molecule has 5 nitrogen and oxygen atoms in total. The summed E-state index contributed by atoms with van der Waals surface area (Å²) in [5, 5.41) is 0. The highest BCUT2D eigenvalue weighted by atomic mass is 16.9. The third kappa shape index (κ3) is 2.67. The van der Waals surface area contributed by atoms with Gasteiger partial charge in [-0.1, -0.05) is 12.8 Å². The van der Waals surface area contributed by atoms with Crippen LogP contribution >= 0.6 is 0 Å². The fraction of sp³-hybridized carbons (Fsp3) is 0.800. The van der Waals surface area contributed by atoms with Crippen molar-refractivity contribution in [3.8, 4) is 0 Å². The average molecular weight is 346 g/mol. The van der Waals surface area contributed by atoms with Gasteiger partial charge in [0.05, 0.1) is 0 Å². The molecule has 5 heteroatoms. The first-order valence-corrected chi connectivity index (χ1v) is 9.99. The number of hydrogen-bond donors (Lipinski definition) is 0. The van der Waals surface area contributed by atoms with Crippen molar-refractivity contribution in [2.75, 3.05) is 0 Å². The molecule has 2 heterocycles. The molecular weight excluding hydrogens is 320 g/mol. The zero-order valence-electron chi connectivity index (χ0n) is 14.6. The Labute approximate surface area is 148 Å². The summed E-state index contributed by atoms with van der Waals surface area (Å²) in [7, 11) is 0. The van der Waals surface area contributed by atoms with Crippen LogP contribution in [0.3, 0.4) is 0 Å². The highest BCUT2D eigenvalue weighted by Gasteiger charge is 2.66. The maximum atomic E-state index is 11.5. The second-order valence-electron chi connectivity index (χ2n) is 8.60. The van der Waals surface area contributed by atoms with Crippen LogP contribution in [0.15, 0.2) is 11.5 Å². The van der Waals surface area contributed by atoms with Crippen molar-refractivity contribution in [3.63, 3.8) is 0 Å². The molecule has 1 saturated heterocycles. The molecule has 1 spiro atoms.